The van der Waals surface area contributed by atoms with Gasteiger partial charge >= 0.3 is 0 Å². The fraction of sp³-hybridized carbons (Fsp3) is 0.296. The molecular formula is C27H31N4S+. The summed E-state index contributed by atoms with van der Waals surface area (Å²) in [5.74, 6) is 0. The molecule has 0 amide bonds. The van der Waals surface area contributed by atoms with Crippen molar-refractivity contribution in [2.75, 3.05) is 31.1 Å². The summed E-state index contributed by atoms with van der Waals surface area (Å²) in [6, 6.07) is 15.2. The Morgan fingerprint density at radius 1 is 0.844 bits per heavy atom. The predicted molar refractivity (Wildman–Crippen MR) is 138 cm³/mol. The quantitative estimate of drug-likeness (QED) is 0.422. The smallest absolute Gasteiger partial charge is 0.199 e. The maximum absolute atomic E-state index is 4.63. The standard InChI is InChI=1S/C27H31N4S/c1-5-30(6-2)22-16-12-20(13-17-22)26(24-10-9-11-25-27(24)29-32-28-25)21-14-18-23(19-15-21)31(7-3)8-4/h9-19H,5-8H2,1-4H3/q+1. The summed E-state index contributed by atoms with van der Waals surface area (Å²) in [6.07, 6.45) is 8.93. The molecule has 1 aromatic heterocycles. The summed E-state index contributed by atoms with van der Waals surface area (Å²) in [6.45, 7) is 12.8. The molecule has 4 nitrogen and oxygen atoms in total. The van der Waals surface area contributed by atoms with E-state index in [0.717, 1.165) is 42.8 Å². The molecule has 4 rings (SSSR count). The minimum absolute atomic E-state index is 0.949. The Labute approximate surface area is 195 Å². The lowest BCUT2D eigenvalue weighted by atomic mass is 9.90. The zero-order chi connectivity index (χ0) is 22.5. The van der Waals surface area contributed by atoms with E-state index in [0.29, 0.717) is 0 Å². The van der Waals surface area contributed by atoms with Crippen molar-refractivity contribution < 1.29 is 4.58 Å². The van der Waals surface area contributed by atoms with Crippen LogP contribution in [0.15, 0.2) is 72.3 Å². The second kappa shape index (κ2) is 10.0. The third-order valence-corrected chi connectivity index (χ3v) is 6.67. The van der Waals surface area contributed by atoms with E-state index < -0.39 is 0 Å². The van der Waals surface area contributed by atoms with Crippen LogP contribution in [0.2, 0.25) is 0 Å². The Bertz CT molecular complexity index is 1180. The van der Waals surface area contributed by atoms with Gasteiger partial charge in [-0.25, -0.2) is 4.58 Å². The van der Waals surface area contributed by atoms with E-state index in [1.165, 1.54) is 39.8 Å². The number of allylic oxidation sites excluding steroid dienone is 5. The second-order valence-corrected chi connectivity index (χ2v) is 8.28. The Balaban J connectivity index is 1.87. The molecule has 0 aliphatic heterocycles. The number of anilines is 1. The summed E-state index contributed by atoms with van der Waals surface area (Å²) >= 11 is 1.27. The SMILES string of the molecule is CCN(CC)c1ccc(C(=C2C=CC(=[N+](CC)CC)C=C2)c2cccc3nsnc23)cc1. The van der Waals surface area contributed by atoms with Gasteiger partial charge in [-0.2, -0.15) is 8.75 Å². The highest BCUT2D eigenvalue weighted by molar-refractivity contribution is 7.00. The van der Waals surface area contributed by atoms with E-state index in [9.17, 15) is 0 Å². The third-order valence-electron chi connectivity index (χ3n) is 6.12. The number of nitrogens with zero attached hydrogens (tertiary/aromatic N) is 4. The highest BCUT2D eigenvalue weighted by Gasteiger charge is 2.17. The molecule has 0 bridgehead atoms. The van der Waals surface area contributed by atoms with Gasteiger partial charge in [0.2, 0.25) is 0 Å². The molecule has 1 aliphatic carbocycles. The number of fused-ring (bicyclic) bond motifs is 1. The van der Waals surface area contributed by atoms with Crippen molar-refractivity contribution in [3.05, 3.63) is 83.5 Å². The summed E-state index contributed by atoms with van der Waals surface area (Å²) in [4.78, 5) is 2.37. The fourth-order valence-corrected chi connectivity index (χ4v) is 4.89. The molecule has 0 radical (unpaired) electrons. The zero-order valence-electron chi connectivity index (χ0n) is 19.4. The normalized spacial score (nSPS) is 13.1. The average Bonchev–Trinajstić information content (AvgIpc) is 3.32. The van der Waals surface area contributed by atoms with E-state index in [-0.39, 0.29) is 0 Å². The van der Waals surface area contributed by atoms with E-state index in [2.05, 4.69) is 107 Å². The van der Waals surface area contributed by atoms with Crippen LogP contribution in [0.4, 0.5) is 5.69 Å². The van der Waals surface area contributed by atoms with E-state index in [1.54, 1.807) is 0 Å². The first kappa shape index (κ1) is 22.2. The van der Waals surface area contributed by atoms with Gasteiger partial charge in [0, 0.05) is 36.5 Å². The average molecular weight is 444 g/mol. The highest BCUT2D eigenvalue weighted by atomic mass is 32.1. The van der Waals surface area contributed by atoms with Crippen LogP contribution in [0.1, 0.15) is 38.8 Å². The number of aromatic nitrogens is 2. The predicted octanol–water partition coefficient (Wildman–Crippen LogP) is 5.96. The van der Waals surface area contributed by atoms with E-state index in [4.69, 9.17) is 0 Å². The third kappa shape index (κ3) is 4.30. The molecule has 3 aromatic rings. The highest BCUT2D eigenvalue weighted by Crippen LogP contribution is 2.34. The molecule has 32 heavy (non-hydrogen) atoms. The largest absolute Gasteiger partial charge is 0.372 e. The summed E-state index contributed by atoms with van der Waals surface area (Å²) < 4.78 is 11.5. The molecule has 0 spiro atoms. The molecule has 5 heteroatoms. The van der Waals surface area contributed by atoms with Gasteiger partial charge in [0.05, 0.1) is 11.7 Å². The number of benzene rings is 2. The van der Waals surface area contributed by atoms with E-state index in [1.807, 2.05) is 6.07 Å². The minimum Gasteiger partial charge on any atom is -0.372 e. The molecule has 1 heterocycles. The van der Waals surface area contributed by atoms with Gasteiger partial charge in [0.15, 0.2) is 5.71 Å². The van der Waals surface area contributed by atoms with Crippen LogP contribution in [0.5, 0.6) is 0 Å². The van der Waals surface area contributed by atoms with Crippen LogP contribution in [-0.4, -0.2) is 45.2 Å². The molecular weight excluding hydrogens is 412 g/mol. The minimum atomic E-state index is 0.949. The maximum Gasteiger partial charge on any atom is 0.199 e. The molecule has 2 aromatic carbocycles. The maximum atomic E-state index is 4.63. The molecule has 164 valence electrons. The lowest BCUT2D eigenvalue weighted by molar-refractivity contribution is -0.519. The first-order valence-corrected chi connectivity index (χ1v) is 12.2. The summed E-state index contributed by atoms with van der Waals surface area (Å²) in [5.41, 5.74) is 9.13. The van der Waals surface area contributed by atoms with Gasteiger partial charge in [-0.05, 0) is 74.8 Å². The van der Waals surface area contributed by atoms with Crippen LogP contribution in [0.3, 0.4) is 0 Å². The number of hydrogen-bond acceptors (Lipinski definition) is 4. The van der Waals surface area contributed by atoms with Crippen LogP contribution in [0, 0.1) is 0 Å². The second-order valence-electron chi connectivity index (χ2n) is 7.75. The molecule has 1 aliphatic rings. The van der Waals surface area contributed by atoms with Crippen molar-refractivity contribution in [2.45, 2.75) is 27.7 Å². The first-order chi connectivity index (χ1) is 15.7. The zero-order valence-corrected chi connectivity index (χ0v) is 20.2. The number of rotatable bonds is 7. The molecule has 0 saturated heterocycles. The van der Waals surface area contributed by atoms with Crippen molar-refractivity contribution in [1.29, 1.82) is 0 Å². The lowest BCUT2D eigenvalue weighted by Gasteiger charge is -2.22. The summed E-state index contributed by atoms with van der Waals surface area (Å²) in [5, 5.41) is 0. The van der Waals surface area contributed by atoms with Crippen LogP contribution < -0.4 is 4.90 Å². The van der Waals surface area contributed by atoms with Crippen LogP contribution >= 0.6 is 11.7 Å². The van der Waals surface area contributed by atoms with Gasteiger partial charge in [0.25, 0.3) is 0 Å². The molecule has 0 N–H and O–H groups in total. The Morgan fingerprint density at radius 3 is 2.16 bits per heavy atom. The summed E-state index contributed by atoms with van der Waals surface area (Å²) in [7, 11) is 0. The topological polar surface area (TPSA) is 32.0 Å². The van der Waals surface area contributed by atoms with Crippen molar-refractivity contribution in [3.8, 4) is 0 Å². The Hall–Kier alpha value is -3.05. The van der Waals surface area contributed by atoms with Crippen molar-refractivity contribution in [2.24, 2.45) is 0 Å². The Kier molecular flexibility index (Phi) is 6.96. The molecule has 0 unspecified atom stereocenters. The fourth-order valence-electron chi connectivity index (χ4n) is 4.34. The van der Waals surface area contributed by atoms with Crippen LogP contribution in [-0.2, 0) is 0 Å². The van der Waals surface area contributed by atoms with E-state index >= 15 is 0 Å². The monoisotopic (exact) mass is 443 g/mol. The number of hydrogen-bond donors (Lipinski definition) is 0. The van der Waals surface area contributed by atoms with Gasteiger partial charge < -0.3 is 4.90 Å². The van der Waals surface area contributed by atoms with Crippen molar-refractivity contribution in [3.63, 3.8) is 0 Å². The lowest BCUT2D eigenvalue weighted by Crippen LogP contribution is -2.21. The van der Waals surface area contributed by atoms with Gasteiger partial charge in [0.1, 0.15) is 24.1 Å². The molecule has 0 atom stereocenters. The van der Waals surface area contributed by atoms with Crippen molar-refractivity contribution in [1.82, 2.24) is 8.75 Å². The molecule has 0 saturated carbocycles. The van der Waals surface area contributed by atoms with Crippen LogP contribution in [0.25, 0.3) is 16.6 Å². The van der Waals surface area contributed by atoms with Gasteiger partial charge in [-0.15, -0.1) is 0 Å². The first-order valence-electron chi connectivity index (χ1n) is 11.5. The van der Waals surface area contributed by atoms with Gasteiger partial charge in [-0.3, -0.25) is 0 Å². The Morgan fingerprint density at radius 2 is 1.53 bits per heavy atom. The molecule has 0 fully saturated rings. The van der Waals surface area contributed by atoms with Gasteiger partial charge in [-0.1, -0.05) is 24.3 Å². The van der Waals surface area contributed by atoms with Crippen molar-refractivity contribution >= 4 is 39.7 Å².